The molecule has 1 N–H and O–H groups in total. The van der Waals surface area contributed by atoms with E-state index in [0.717, 1.165) is 53.4 Å². The number of fused-ring (bicyclic) bond motifs is 1. The average molecular weight is 395 g/mol. The van der Waals surface area contributed by atoms with Gasteiger partial charge in [-0.1, -0.05) is 6.07 Å². The van der Waals surface area contributed by atoms with Crippen molar-refractivity contribution in [2.24, 2.45) is 13.0 Å². The second-order valence-electron chi connectivity index (χ2n) is 7.78. The van der Waals surface area contributed by atoms with Crippen LogP contribution in [0.2, 0.25) is 0 Å². The van der Waals surface area contributed by atoms with Gasteiger partial charge in [0.25, 0.3) is 0 Å². The maximum Gasteiger partial charge on any atom is 0.228 e. The number of nitrogens with zero attached hydrogens (tertiary/aromatic N) is 4. The van der Waals surface area contributed by atoms with E-state index in [1.807, 2.05) is 31.7 Å². The Morgan fingerprint density at radius 1 is 1.21 bits per heavy atom. The zero-order valence-corrected chi connectivity index (χ0v) is 16.9. The number of hydrogen-bond donors (Lipinski definition) is 1. The van der Waals surface area contributed by atoms with Gasteiger partial charge in [0, 0.05) is 42.9 Å². The van der Waals surface area contributed by atoms with Gasteiger partial charge in [-0.25, -0.2) is 9.37 Å². The average Bonchev–Trinajstić information content (AvgIpc) is 3.15. The summed E-state index contributed by atoms with van der Waals surface area (Å²) in [5, 5.41) is 9.32. The topological polar surface area (TPSA) is 63.1 Å². The van der Waals surface area contributed by atoms with Crippen LogP contribution in [0.5, 0.6) is 0 Å². The van der Waals surface area contributed by atoms with Crippen LogP contribution in [0.3, 0.4) is 0 Å². The van der Waals surface area contributed by atoms with Crippen LogP contribution in [0.15, 0.2) is 36.8 Å². The Kier molecular flexibility index (Phi) is 5.58. The highest BCUT2D eigenvalue weighted by atomic mass is 19.1. The van der Waals surface area contributed by atoms with E-state index >= 15 is 0 Å². The minimum absolute atomic E-state index is 0.00288. The van der Waals surface area contributed by atoms with Crippen molar-refractivity contribution in [3.8, 4) is 11.1 Å². The van der Waals surface area contributed by atoms with Crippen LogP contribution < -0.4 is 5.32 Å². The first-order chi connectivity index (χ1) is 14.0. The van der Waals surface area contributed by atoms with Gasteiger partial charge in [0.2, 0.25) is 5.91 Å². The molecule has 0 spiro atoms. The molecule has 29 heavy (non-hydrogen) atoms. The molecule has 0 saturated carbocycles. The number of piperidine rings is 1. The van der Waals surface area contributed by atoms with Crippen molar-refractivity contribution in [1.29, 1.82) is 0 Å². The van der Waals surface area contributed by atoms with Crippen LogP contribution in [0, 0.1) is 12.8 Å². The molecule has 7 heteroatoms. The van der Waals surface area contributed by atoms with Crippen molar-refractivity contribution >= 4 is 22.5 Å². The molecule has 2 aromatic heterocycles. The van der Waals surface area contributed by atoms with E-state index in [1.54, 1.807) is 4.68 Å². The SMILES string of the molecule is Cc1cc(-c2cnn(C)c2)cc2cc(NC(=O)C3CCN(CCF)CC3)ncc12. The lowest BCUT2D eigenvalue weighted by molar-refractivity contribution is -0.121. The highest BCUT2D eigenvalue weighted by Crippen LogP contribution is 2.28. The van der Waals surface area contributed by atoms with E-state index in [1.165, 1.54) is 0 Å². The maximum absolute atomic E-state index is 12.7. The molecule has 0 unspecified atom stereocenters. The predicted molar refractivity (Wildman–Crippen MR) is 112 cm³/mol. The zero-order valence-electron chi connectivity index (χ0n) is 16.9. The van der Waals surface area contributed by atoms with Crippen molar-refractivity contribution in [3.05, 3.63) is 42.4 Å². The summed E-state index contributed by atoms with van der Waals surface area (Å²) in [6.45, 7) is 3.71. The fourth-order valence-corrected chi connectivity index (χ4v) is 4.01. The molecular weight excluding hydrogens is 369 g/mol. The van der Waals surface area contributed by atoms with E-state index in [4.69, 9.17) is 0 Å². The molecule has 4 rings (SSSR count). The number of aromatic nitrogens is 3. The highest BCUT2D eigenvalue weighted by Gasteiger charge is 2.25. The fraction of sp³-hybridized carbons (Fsp3) is 0.409. The molecule has 0 atom stereocenters. The number of anilines is 1. The Hall–Kier alpha value is -2.80. The van der Waals surface area contributed by atoms with Crippen LogP contribution in [-0.4, -0.2) is 51.9 Å². The van der Waals surface area contributed by atoms with Gasteiger partial charge >= 0.3 is 0 Å². The Bertz CT molecular complexity index is 1020. The third kappa shape index (κ3) is 4.29. The number of rotatable bonds is 5. The Labute approximate surface area is 169 Å². The molecule has 3 aromatic rings. The molecule has 1 aromatic carbocycles. The fourth-order valence-electron chi connectivity index (χ4n) is 4.01. The summed E-state index contributed by atoms with van der Waals surface area (Å²) in [6.07, 6.45) is 7.16. The summed E-state index contributed by atoms with van der Waals surface area (Å²) < 4.78 is 14.3. The van der Waals surface area contributed by atoms with Gasteiger partial charge in [-0.15, -0.1) is 0 Å². The lowest BCUT2D eigenvalue weighted by atomic mass is 9.96. The number of carbonyl (C=O) groups is 1. The Morgan fingerprint density at radius 2 is 2.00 bits per heavy atom. The molecule has 0 bridgehead atoms. The van der Waals surface area contributed by atoms with Crippen molar-refractivity contribution in [3.63, 3.8) is 0 Å². The second kappa shape index (κ2) is 8.29. The minimum atomic E-state index is -0.335. The normalized spacial score (nSPS) is 15.7. The molecule has 1 amide bonds. The van der Waals surface area contributed by atoms with Crippen molar-refractivity contribution in [2.45, 2.75) is 19.8 Å². The number of hydrogen-bond acceptors (Lipinski definition) is 4. The van der Waals surface area contributed by atoms with E-state index in [9.17, 15) is 9.18 Å². The van der Waals surface area contributed by atoms with Gasteiger partial charge in [0.15, 0.2) is 0 Å². The summed E-state index contributed by atoms with van der Waals surface area (Å²) in [6, 6.07) is 6.16. The molecule has 3 heterocycles. The molecule has 0 aliphatic carbocycles. The van der Waals surface area contributed by atoms with Gasteiger partial charge < -0.3 is 10.2 Å². The standard InChI is InChI=1S/C22H26FN5O/c1-15-9-17(19-12-25-27(2)14-19)10-18-11-21(24-13-20(15)18)26-22(29)16-3-6-28(7-4-16)8-5-23/h9-14,16H,3-8H2,1-2H3,(H,24,26,29). The minimum Gasteiger partial charge on any atom is -0.310 e. The molecule has 1 aliphatic heterocycles. The van der Waals surface area contributed by atoms with Crippen LogP contribution in [0.4, 0.5) is 10.2 Å². The summed E-state index contributed by atoms with van der Waals surface area (Å²) in [4.78, 5) is 19.2. The first-order valence-corrected chi connectivity index (χ1v) is 10.0. The highest BCUT2D eigenvalue weighted by molar-refractivity contribution is 5.96. The van der Waals surface area contributed by atoms with Crippen LogP contribution in [-0.2, 0) is 11.8 Å². The quantitative estimate of drug-likeness (QED) is 0.717. The summed E-state index contributed by atoms with van der Waals surface area (Å²) >= 11 is 0. The second-order valence-corrected chi connectivity index (χ2v) is 7.78. The van der Waals surface area contributed by atoms with E-state index in [2.05, 4.69) is 39.4 Å². The number of alkyl halides is 1. The van der Waals surface area contributed by atoms with Gasteiger partial charge in [0.1, 0.15) is 12.5 Å². The predicted octanol–water partition coefficient (Wildman–Crippen LogP) is 3.56. The number of carbonyl (C=O) groups excluding carboxylic acids is 1. The molecule has 1 saturated heterocycles. The lowest BCUT2D eigenvalue weighted by Crippen LogP contribution is -2.39. The largest absolute Gasteiger partial charge is 0.310 e. The molecular formula is C22H26FN5O. The molecule has 1 aliphatic rings. The van der Waals surface area contributed by atoms with E-state index in [0.29, 0.717) is 12.4 Å². The third-order valence-corrected chi connectivity index (χ3v) is 5.69. The molecule has 6 nitrogen and oxygen atoms in total. The number of nitrogens with one attached hydrogen (secondary N) is 1. The van der Waals surface area contributed by atoms with Crippen molar-refractivity contribution in [1.82, 2.24) is 19.7 Å². The van der Waals surface area contributed by atoms with Crippen molar-refractivity contribution < 1.29 is 9.18 Å². The first-order valence-electron chi connectivity index (χ1n) is 10.0. The monoisotopic (exact) mass is 395 g/mol. The smallest absolute Gasteiger partial charge is 0.228 e. The van der Waals surface area contributed by atoms with Crippen molar-refractivity contribution in [2.75, 3.05) is 31.6 Å². The summed E-state index contributed by atoms with van der Waals surface area (Å²) in [5.74, 6) is 0.514. The number of pyridine rings is 1. The van der Waals surface area contributed by atoms with Crippen LogP contribution in [0.25, 0.3) is 21.9 Å². The third-order valence-electron chi connectivity index (χ3n) is 5.69. The number of benzene rings is 1. The Balaban J connectivity index is 1.51. The molecule has 1 fully saturated rings. The first kappa shape index (κ1) is 19.5. The van der Waals surface area contributed by atoms with Gasteiger partial charge in [-0.2, -0.15) is 5.10 Å². The number of amides is 1. The van der Waals surface area contributed by atoms with Gasteiger partial charge in [-0.05, 0) is 61.5 Å². The molecule has 0 radical (unpaired) electrons. The van der Waals surface area contributed by atoms with Gasteiger partial charge in [-0.3, -0.25) is 9.48 Å². The zero-order chi connectivity index (χ0) is 20.4. The van der Waals surface area contributed by atoms with E-state index < -0.39 is 0 Å². The van der Waals surface area contributed by atoms with Gasteiger partial charge in [0.05, 0.1) is 6.20 Å². The van der Waals surface area contributed by atoms with Crippen LogP contribution in [0.1, 0.15) is 18.4 Å². The molecule has 152 valence electrons. The number of halogens is 1. The Morgan fingerprint density at radius 3 is 2.69 bits per heavy atom. The lowest BCUT2D eigenvalue weighted by Gasteiger charge is -2.30. The summed E-state index contributed by atoms with van der Waals surface area (Å²) in [5.41, 5.74) is 3.28. The number of likely N-dealkylation sites (tertiary alicyclic amines) is 1. The maximum atomic E-state index is 12.7. The van der Waals surface area contributed by atoms with E-state index in [-0.39, 0.29) is 18.5 Å². The summed E-state index contributed by atoms with van der Waals surface area (Å²) in [7, 11) is 1.90. The van der Waals surface area contributed by atoms with Crippen LogP contribution >= 0.6 is 0 Å². The number of aryl methyl sites for hydroxylation is 2.